The Labute approximate surface area is 89.8 Å². The lowest BCUT2D eigenvalue weighted by Crippen LogP contribution is -2.16. The van der Waals surface area contributed by atoms with Crippen molar-refractivity contribution in [3.63, 3.8) is 0 Å². The van der Waals surface area contributed by atoms with Gasteiger partial charge in [0, 0.05) is 12.6 Å². The highest BCUT2D eigenvalue weighted by molar-refractivity contribution is 6.30. The first-order chi connectivity index (χ1) is 6.81. The van der Waals surface area contributed by atoms with Crippen molar-refractivity contribution in [2.45, 2.75) is 19.7 Å². The van der Waals surface area contributed by atoms with Crippen molar-refractivity contribution < 1.29 is 17.9 Å². The first-order valence-electron chi connectivity index (χ1n) is 4.13. The molecule has 0 unspecified atom stereocenters. The first-order valence-corrected chi connectivity index (χ1v) is 4.51. The van der Waals surface area contributed by atoms with Gasteiger partial charge in [0.05, 0.1) is 12.3 Å². The molecule has 0 saturated heterocycles. The van der Waals surface area contributed by atoms with Gasteiger partial charge in [-0.1, -0.05) is 11.6 Å². The van der Waals surface area contributed by atoms with Crippen molar-refractivity contribution >= 4 is 11.6 Å². The van der Waals surface area contributed by atoms with Crippen LogP contribution in [0.15, 0.2) is 0 Å². The molecular formula is C8H10ClF3N2O. The van der Waals surface area contributed by atoms with E-state index in [1.165, 1.54) is 4.68 Å². The van der Waals surface area contributed by atoms with Crippen molar-refractivity contribution in [3.8, 4) is 0 Å². The second kappa shape index (κ2) is 4.40. The van der Waals surface area contributed by atoms with Gasteiger partial charge in [-0.15, -0.1) is 0 Å². The number of rotatable bonds is 3. The van der Waals surface area contributed by atoms with Gasteiger partial charge in [0.25, 0.3) is 0 Å². The Kier molecular flexibility index (Phi) is 3.62. The van der Waals surface area contributed by atoms with Crippen molar-refractivity contribution in [3.05, 3.63) is 16.4 Å². The molecule has 0 aromatic carbocycles. The van der Waals surface area contributed by atoms with E-state index >= 15 is 0 Å². The quantitative estimate of drug-likeness (QED) is 0.814. The predicted octanol–water partition coefficient (Wildman–Crippen LogP) is 2.46. The van der Waals surface area contributed by atoms with E-state index in [0.717, 1.165) is 0 Å². The van der Waals surface area contributed by atoms with Crippen LogP contribution in [-0.2, 0) is 18.4 Å². The summed E-state index contributed by atoms with van der Waals surface area (Å²) in [6.07, 6.45) is -4.32. The number of alkyl halides is 3. The number of aromatic nitrogens is 2. The lowest BCUT2D eigenvalue weighted by atomic mass is 10.3. The van der Waals surface area contributed by atoms with Crippen LogP contribution in [0, 0.1) is 6.92 Å². The van der Waals surface area contributed by atoms with E-state index in [-0.39, 0.29) is 6.61 Å². The second-order valence-corrected chi connectivity index (χ2v) is 3.44. The zero-order chi connectivity index (χ0) is 11.6. The predicted molar refractivity (Wildman–Crippen MR) is 48.7 cm³/mol. The molecule has 0 amide bonds. The van der Waals surface area contributed by atoms with Gasteiger partial charge >= 0.3 is 6.18 Å². The first kappa shape index (κ1) is 12.3. The van der Waals surface area contributed by atoms with E-state index in [2.05, 4.69) is 9.84 Å². The van der Waals surface area contributed by atoms with Gasteiger partial charge < -0.3 is 4.74 Å². The normalized spacial score (nSPS) is 12.1. The van der Waals surface area contributed by atoms with Crippen LogP contribution in [0.4, 0.5) is 13.2 Å². The Balaban J connectivity index is 2.58. The second-order valence-electron chi connectivity index (χ2n) is 3.09. The molecule has 0 fully saturated rings. The fraction of sp³-hybridized carbons (Fsp3) is 0.625. The van der Waals surface area contributed by atoms with E-state index in [0.29, 0.717) is 16.4 Å². The summed E-state index contributed by atoms with van der Waals surface area (Å²) in [5.41, 5.74) is 1.06. The van der Waals surface area contributed by atoms with Crippen LogP contribution in [0.3, 0.4) is 0 Å². The Bertz CT molecular complexity index is 348. The Morgan fingerprint density at radius 3 is 2.47 bits per heavy atom. The van der Waals surface area contributed by atoms with Crippen molar-refractivity contribution in [2.24, 2.45) is 7.05 Å². The van der Waals surface area contributed by atoms with E-state index in [1.54, 1.807) is 14.0 Å². The Morgan fingerprint density at radius 2 is 2.07 bits per heavy atom. The number of hydrogen-bond donors (Lipinski definition) is 0. The Hall–Kier alpha value is -0.750. The molecule has 7 heteroatoms. The minimum Gasteiger partial charge on any atom is -0.367 e. The largest absolute Gasteiger partial charge is 0.411 e. The zero-order valence-corrected chi connectivity index (χ0v) is 8.98. The average Bonchev–Trinajstić information content (AvgIpc) is 2.29. The number of hydrogen-bond acceptors (Lipinski definition) is 2. The van der Waals surface area contributed by atoms with Crippen LogP contribution in [0.1, 0.15) is 11.3 Å². The van der Waals surface area contributed by atoms with E-state index in [9.17, 15) is 13.2 Å². The van der Waals surface area contributed by atoms with Crippen LogP contribution in [0.25, 0.3) is 0 Å². The van der Waals surface area contributed by atoms with E-state index < -0.39 is 12.8 Å². The monoisotopic (exact) mass is 242 g/mol. The maximum Gasteiger partial charge on any atom is 0.411 e. The third-order valence-electron chi connectivity index (χ3n) is 1.78. The van der Waals surface area contributed by atoms with Gasteiger partial charge in [0.1, 0.15) is 11.8 Å². The van der Waals surface area contributed by atoms with Gasteiger partial charge in [0.2, 0.25) is 0 Å². The van der Waals surface area contributed by atoms with Gasteiger partial charge in [-0.25, -0.2) is 0 Å². The Morgan fingerprint density at radius 1 is 1.47 bits per heavy atom. The smallest absolute Gasteiger partial charge is 0.367 e. The molecule has 0 atom stereocenters. The van der Waals surface area contributed by atoms with Gasteiger partial charge in [0.15, 0.2) is 0 Å². The van der Waals surface area contributed by atoms with Gasteiger partial charge in [-0.3, -0.25) is 4.68 Å². The minimum atomic E-state index is -4.32. The third-order valence-corrected chi connectivity index (χ3v) is 2.25. The standard InChI is InChI=1S/C8H10ClF3N2O/c1-5-6(7(9)14(2)13-5)3-15-4-8(10,11)12/h3-4H2,1-2H3. The highest BCUT2D eigenvalue weighted by atomic mass is 35.5. The van der Waals surface area contributed by atoms with Crippen molar-refractivity contribution in [1.29, 1.82) is 0 Å². The molecule has 0 saturated carbocycles. The summed E-state index contributed by atoms with van der Waals surface area (Å²) in [7, 11) is 1.61. The summed E-state index contributed by atoms with van der Waals surface area (Å²) in [4.78, 5) is 0. The molecule has 1 aromatic heterocycles. The molecule has 1 heterocycles. The molecule has 0 aliphatic heterocycles. The summed E-state index contributed by atoms with van der Waals surface area (Å²) in [6, 6.07) is 0. The number of ether oxygens (including phenoxy) is 1. The summed E-state index contributed by atoms with van der Waals surface area (Å²) in [5.74, 6) is 0. The molecule has 0 aliphatic rings. The van der Waals surface area contributed by atoms with E-state index in [1.807, 2.05) is 0 Å². The van der Waals surface area contributed by atoms with Crippen LogP contribution in [-0.4, -0.2) is 22.6 Å². The summed E-state index contributed by atoms with van der Waals surface area (Å²) >= 11 is 5.80. The lowest BCUT2D eigenvalue weighted by Gasteiger charge is -2.07. The van der Waals surface area contributed by atoms with Crippen LogP contribution >= 0.6 is 11.6 Å². The molecule has 0 spiro atoms. The summed E-state index contributed by atoms with van der Waals surface area (Å²) in [6.45, 7) is 0.202. The summed E-state index contributed by atoms with van der Waals surface area (Å²) in [5, 5.41) is 4.25. The molecular weight excluding hydrogens is 233 g/mol. The van der Waals surface area contributed by atoms with Gasteiger partial charge in [-0.2, -0.15) is 18.3 Å². The highest BCUT2D eigenvalue weighted by Gasteiger charge is 2.27. The zero-order valence-electron chi connectivity index (χ0n) is 8.23. The maximum atomic E-state index is 11.8. The SMILES string of the molecule is Cc1nn(C)c(Cl)c1COCC(F)(F)F. The molecule has 3 nitrogen and oxygen atoms in total. The number of halogens is 4. The molecule has 0 N–H and O–H groups in total. The van der Waals surface area contributed by atoms with Crippen LogP contribution in [0.2, 0.25) is 5.15 Å². The average molecular weight is 243 g/mol. The highest BCUT2D eigenvalue weighted by Crippen LogP contribution is 2.21. The molecule has 0 bridgehead atoms. The molecule has 15 heavy (non-hydrogen) atoms. The van der Waals surface area contributed by atoms with Crippen LogP contribution < -0.4 is 0 Å². The van der Waals surface area contributed by atoms with Crippen molar-refractivity contribution in [2.75, 3.05) is 6.61 Å². The van der Waals surface area contributed by atoms with Crippen LogP contribution in [0.5, 0.6) is 0 Å². The lowest BCUT2D eigenvalue weighted by molar-refractivity contribution is -0.176. The van der Waals surface area contributed by atoms with Gasteiger partial charge in [-0.05, 0) is 6.92 Å². The number of aryl methyl sites for hydroxylation is 2. The molecule has 86 valence electrons. The molecule has 0 radical (unpaired) electrons. The topological polar surface area (TPSA) is 27.1 Å². The molecule has 0 aliphatic carbocycles. The fourth-order valence-corrected chi connectivity index (χ4v) is 1.34. The number of nitrogens with zero attached hydrogens (tertiary/aromatic N) is 2. The minimum absolute atomic E-state index is 0.183. The summed E-state index contributed by atoms with van der Waals surface area (Å²) < 4.78 is 41.2. The molecule has 1 rings (SSSR count). The third kappa shape index (κ3) is 3.39. The maximum absolute atomic E-state index is 11.8. The molecule has 1 aromatic rings. The fourth-order valence-electron chi connectivity index (χ4n) is 1.11. The van der Waals surface area contributed by atoms with E-state index in [4.69, 9.17) is 11.6 Å². The van der Waals surface area contributed by atoms with Crippen molar-refractivity contribution in [1.82, 2.24) is 9.78 Å².